The van der Waals surface area contributed by atoms with E-state index < -0.39 is 0 Å². The zero-order valence-corrected chi connectivity index (χ0v) is 11.8. The Morgan fingerprint density at radius 3 is 2.78 bits per heavy atom. The monoisotopic (exact) mass is 326 g/mol. The molecule has 0 unspecified atom stereocenters. The number of Topliss-reactive ketones (excluding diaryl/α,β-unsaturated/α-hetero) is 1. The van der Waals surface area contributed by atoms with Crippen LogP contribution in [0.15, 0.2) is 40.2 Å². The van der Waals surface area contributed by atoms with Crippen LogP contribution in [0.25, 0.3) is 0 Å². The molecule has 0 aliphatic heterocycles. The van der Waals surface area contributed by atoms with E-state index in [1.165, 1.54) is 11.3 Å². The Hall–Kier alpha value is -1.17. The average molecular weight is 327 g/mol. The highest BCUT2D eigenvalue weighted by atomic mass is 79.9. The third kappa shape index (κ3) is 2.98. The lowest BCUT2D eigenvalue weighted by molar-refractivity contribution is 0.0923. The summed E-state index contributed by atoms with van der Waals surface area (Å²) in [5, 5.41) is 11.0. The van der Waals surface area contributed by atoms with Gasteiger partial charge in [0.25, 0.3) is 0 Å². The van der Waals surface area contributed by atoms with Crippen molar-refractivity contribution in [1.82, 2.24) is 0 Å². The van der Waals surface area contributed by atoms with Gasteiger partial charge in [0.1, 0.15) is 5.75 Å². The van der Waals surface area contributed by atoms with Gasteiger partial charge in [0, 0.05) is 10.0 Å². The third-order valence-corrected chi connectivity index (χ3v) is 4.25. The molecule has 0 amide bonds. The SMILES string of the molecule is O=C(COc1ccccc1CO)c1sccc1Br. The summed E-state index contributed by atoms with van der Waals surface area (Å²) in [6, 6.07) is 8.96. The molecule has 1 aromatic heterocycles. The maximum Gasteiger partial charge on any atom is 0.211 e. The van der Waals surface area contributed by atoms with Gasteiger partial charge in [-0.15, -0.1) is 11.3 Å². The molecule has 0 aliphatic rings. The van der Waals surface area contributed by atoms with Crippen LogP contribution in [-0.4, -0.2) is 17.5 Å². The van der Waals surface area contributed by atoms with Crippen molar-refractivity contribution in [2.75, 3.05) is 6.61 Å². The minimum atomic E-state index is -0.104. The average Bonchev–Trinajstić information content (AvgIpc) is 2.82. The predicted octanol–water partition coefficient (Wildman–Crippen LogP) is 3.26. The summed E-state index contributed by atoms with van der Waals surface area (Å²) in [4.78, 5) is 12.5. The second-order valence-electron chi connectivity index (χ2n) is 3.58. The van der Waals surface area contributed by atoms with Gasteiger partial charge in [0.05, 0.1) is 11.5 Å². The Morgan fingerprint density at radius 2 is 2.11 bits per heavy atom. The first kappa shape index (κ1) is 13.3. The van der Waals surface area contributed by atoms with Gasteiger partial charge in [-0.25, -0.2) is 0 Å². The second kappa shape index (κ2) is 6.13. The molecule has 1 aromatic carbocycles. The molecule has 18 heavy (non-hydrogen) atoms. The zero-order valence-electron chi connectivity index (χ0n) is 9.43. The minimum Gasteiger partial charge on any atom is -0.485 e. The molecule has 0 atom stereocenters. The molecule has 0 fully saturated rings. The van der Waals surface area contributed by atoms with Gasteiger partial charge in [-0.1, -0.05) is 18.2 Å². The molecule has 0 spiro atoms. The van der Waals surface area contributed by atoms with Crippen molar-refractivity contribution in [3.05, 3.63) is 50.6 Å². The van der Waals surface area contributed by atoms with Crippen molar-refractivity contribution >= 4 is 33.0 Å². The molecule has 2 aromatic rings. The third-order valence-electron chi connectivity index (χ3n) is 2.37. The first-order chi connectivity index (χ1) is 8.72. The maximum absolute atomic E-state index is 11.9. The number of aliphatic hydroxyl groups is 1. The van der Waals surface area contributed by atoms with E-state index in [2.05, 4.69) is 15.9 Å². The molecule has 0 aliphatic carbocycles. The van der Waals surface area contributed by atoms with E-state index in [1.54, 1.807) is 18.2 Å². The van der Waals surface area contributed by atoms with Gasteiger partial charge in [0.15, 0.2) is 6.61 Å². The number of hydrogen-bond donors (Lipinski definition) is 1. The summed E-state index contributed by atoms with van der Waals surface area (Å²) < 4.78 is 6.23. The van der Waals surface area contributed by atoms with Crippen molar-refractivity contribution < 1.29 is 14.6 Å². The molecule has 3 nitrogen and oxygen atoms in total. The van der Waals surface area contributed by atoms with Crippen molar-refractivity contribution in [2.45, 2.75) is 6.61 Å². The van der Waals surface area contributed by atoms with Gasteiger partial charge >= 0.3 is 0 Å². The summed E-state index contributed by atoms with van der Waals surface area (Å²) in [7, 11) is 0. The lowest BCUT2D eigenvalue weighted by atomic mass is 10.2. The number of rotatable bonds is 5. The van der Waals surface area contributed by atoms with Crippen LogP contribution in [0.3, 0.4) is 0 Å². The van der Waals surface area contributed by atoms with Crippen LogP contribution < -0.4 is 4.74 Å². The Bertz CT molecular complexity index is 551. The standard InChI is InChI=1S/C13H11BrO3S/c14-10-5-6-18-13(10)11(16)8-17-12-4-2-1-3-9(12)7-15/h1-6,15H,7-8H2. The number of hydrogen-bond acceptors (Lipinski definition) is 4. The molecule has 94 valence electrons. The first-order valence-corrected chi connectivity index (χ1v) is 6.97. The Balaban J connectivity index is 2.04. The fourth-order valence-electron chi connectivity index (χ4n) is 1.48. The summed E-state index contributed by atoms with van der Waals surface area (Å²) in [6.07, 6.45) is 0. The Kier molecular flexibility index (Phi) is 4.52. The molecular formula is C13H11BrO3S. The Morgan fingerprint density at radius 1 is 1.33 bits per heavy atom. The molecule has 1 N–H and O–H groups in total. The lowest BCUT2D eigenvalue weighted by Crippen LogP contribution is -2.11. The number of benzene rings is 1. The molecule has 0 radical (unpaired) electrons. The Labute approximate surface area is 117 Å². The number of halogens is 1. The molecule has 0 saturated heterocycles. The van der Waals surface area contributed by atoms with E-state index in [4.69, 9.17) is 9.84 Å². The van der Waals surface area contributed by atoms with Gasteiger partial charge in [0.2, 0.25) is 5.78 Å². The highest BCUT2D eigenvalue weighted by Gasteiger charge is 2.13. The minimum absolute atomic E-state index is 0.0316. The van der Waals surface area contributed by atoms with E-state index in [0.29, 0.717) is 16.2 Å². The van der Waals surface area contributed by atoms with Gasteiger partial charge in [-0.05, 0) is 33.4 Å². The normalized spacial score (nSPS) is 10.3. The lowest BCUT2D eigenvalue weighted by Gasteiger charge is -2.08. The smallest absolute Gasteiger partial charge is 0.211 e. The van der Waals surface area contributed by atoms with Crippen LogP contribution in [0.5, 0.6) is 5.75 Å². The largest absolute Gasteiger partial charge is 0.485 e. The molecular weight excluding hydrogens is 316 g/mol. The van der Waals surface area contributed by atoms with E-state index in [1.807, 2.05) is 17.5 Å². The van der Waals surface area contributed by atoms with E-state index in [-0.39, 0.29) is 19.0 Å². The zero-order chi connectivity index (χ0) is 13.0. The molecule has 5 heteroatoms. The highest BCUT2D eigenvalue weighted by Crippen LogP contribution is 2.24. The van der Waals surface area contributed by atoms with Crippen molar-refractivity contribution in [3.8, 4) is 5.75 Å². The van der Waals surface area contributed by atoms with E-state index >= 15 is 0 Å². The van der Waals surface area contributed by atoms with Crippen LogP contribution in [0, 0.1) is 0 Å². The fraction of sp³-hybridized carbons (Fsp3) is 0.154. The van der Waals surface area contributed by atoms with Crippen LogP contribution in [0.2, 0.25) is 0 Å². The number of aliphatic hydroxyl groups excluding tert-OH is 1. The van der Waals surface area contributed by atoms with Gasteiger partial charge < -0.3 is 9.84 Å². The molecule has 2 rings (SSSR count). The number of carbonyl (C=O) groups excluding carboxylic acids is 1. The topological polar surface area (TPSA) is 46.5 Å². The number of ketones is 1. The summed E-state index contributed by atoms with van der Waals surface area (Å²) in [5.41, 5.74) is 0.676. The summed E-state index contributed by atoms with van der Waals surface area (Å²) >= 11 is 4.69. The van der Waals surface area contributed by atoms with Gasteiger partial charge in [-0.2, -0.15) is 0 Å². The number of ether oxygens (including phenoxy) is 1. The van der Waals surface area contributed by atoms with Crippen LogP contribution in [-0.2, 0) is 6.61 Å². The second-order valence-corrected chi connectivity index (χ2v) is 5.35. The molecule has 1 heterocycles. The quantitative estimate of drug-likeness (QED) is 0.858. The molecule has 0 bridgehead atoms. The van der Waals surface area contributed by atoms with Crippen molar-refractivity contribution in [3.63, 3.8) is 0 Å². The molecule has 0 saturated carbocycles. The number of carbonyl (C=O) groups is 1. The van der Waals surface area contributed by atoms with Crippen LogP contribution >= 0.6 is 27.3 Å². The van der Waals surface area contributed by atoms with Gasteiger partial charge in [-0.3, -0.25) is 4.79 Å². The van der Waals surface area contributed by atoms with Crippen molar-refractivity contribution in [1.29, 1.82) is 0 Å². The van der Waals surface area contributed by atoms with Crippen LogP contribution in [0.4, 0.5) is 0 Å². The summed E-state index contributed by atoms with van der Waals surface area (Å²) in [5.74, 6) is 0.464. The predicted molar refractivity (Wildman–Crippen MR) is 74.2 cm³/mol. The van der Waals surface area contributed by atoms with Crippen LogP contribution in [0.1, 0.15) is 15.2 Å². The first-order valence-electron chi connectivity index (χ1n) is 5.30. The summed E-state index contributed by atoms with van der Waals surface area (Å²) in [6.45, 7) is -0.136. The number of para-hydroxylation sites is 1. The van der Waals surface area contributed by atoms with Crippen molar-refractivity contribution in [2.24, 2.45) is 0 Å². The number of thiophene rings is 1. The maximum atomic E-state index is 11.9. The highest BCUT2D eigenvalue weighted by molar-refractivity contribution is 9.10. The van der Waals surface area contributed by atoms with E-state index in [0.717, 1.165) is 4.47 Å². The van der Waals surface area contributed by atoms with E-state index in [9.17, 15) is 4.79 Å². The fourth-order valence-corrected chi connectivity index (χ4v) is 3.00.